The molecule has 1 aliphatic rings. The smallest absolute Gasteiger partial charge is 0.171 e. The number of rotatable bonds is 6. The molecule has 1 aromatic heterocycles. The second kappa shape index (κ2) is 6.97. The van der Waals surface area contributed by atoms with E-state index < -0.39 is 6.04 Å². The van der Waals surface area contributed by atoms with Gasteiger partial charge in [-0.05, 0) is 37.5 Å². The first kappa shape index (κ1) is 15.8. The number of nitrogens with one attached hydrogen (secondary N) is 1. The molecule has 3 N–H and O–H groups in total. The monoisotopic (exact) mass is 318 g/mol. The van der Waals surface area contributed by atoms with Gasteiger partial charge in [0, 0.05) is 6.61 Å². The van der Waals surface area contributed by atoms with Crippen molar-refractivity contribution in [3.05, 3.63) is 35.4 Å². The Morgan fingerprint density at radius 3 is 3.00 bits per heavy atom. The van der Waals surface area contributed by atoms with E-state index in [4.69, 9.17) is 19.9 Å². The molecule has 0 amide bonds. The third kappa shape index (κ3) is 3.30. The molecular formula is C16H22N4O3. The van der Waals surface area contributed by atoms with Gasteiger partial charge in [-0.15, -0.1) is 0 Å². The number of nitrogens with two attached hydrogens (primary N) is 1. The van der Waals surface area contributed by atoms with Crippen molar-refractivity contribution in [1.29, 1.82) is 0 Å². The molecule has 0 spiro atoms. The topological polar surface area (TPSA) is 95.3 Å². The van der Waals surface area contributed by atoms with E-state index in [-0.39, 0.29) is 6.10 Å². The quantitative estimate of drug-likeness (QED) is 0.847. The zero-order valence-electron chi connectivity index (χ0n) is 13.4. The summed E-state index contributed by atoms with van der Waals surface area (Å²) >= 11 is 0. The van der Waals surface area contributed by atoms with E-state index in [2.05, 4.69) is 15.2 Å². The second-order valence-electron chi connectivity index (χ2n) is 5.40. The summed E-state index contributed by atoms with van der Waals surface area (Å²) in [7, 11) is 1.61. The summed E-state index contributed by atoms with van der Waals surface area (Å²) in [4.78, 5) is 4.49. The number of methoxy groups -OCH3 is 1. The number of hydrogen-bond acceptors (Lipinski definition) is 6. The van der Waals surface area contributed by atoms with Crippen LogP contribution in [0.3, 0.4) is 0 Å². The lowest BCUT2D eigenvalue weighted by molar-refractivity contribution is 0.105. The second-order valence-corrected chi connectivity index (χ2v) is 5.40. The standard InChI is InChI=1S/C16H22N4O3/c1-3-22-11-7-6-10(9-13(11)21-2)14(17)16-18-15(19-20-16)12-5-4-8-23-12/h6-7,9,12,14H,3-5,8,17H2,1-2H3,(H,18,19,20)/t12-,14-/m0/s1. The first-order valence-corrected chi connectivity index (χ1v) is 7.83. The average Bonchev–Trinajstić information content (AvgIpc) is 3.26. The molecule has 1 saturated heterocycles. The summed E-state index contributed by atoms with van der Waals surface area (Å²) in [6.07, 6.45) is 2.00. The molecule has 2 aromatic rings. The summed E-state index contributed by atoms with van der Waals surface area (Å²) in [6.45, 7) is 3.27. The molecule has 1 fully saturated rings. The maximum Gasteiger partial charge on any atom is 0.171 e. The van der Waals surface area contributed by atoms with Gasteiger partial charge in [-0.1, -0.05) is 6.07 Å². The van der Waals surface area contributed by atoms with Gasteiger partial charge in [-0.3, -0.25) is 5.10 Å². The fraction of sp³-hybridized carbons (Fsp3) is 0.500. The van der Waals surface area contributed by atoms with Crippen LogP contribution in [-0.2, 0) is 4.74 Å². The molecule has 3 rings (SSSR count). The Labute approximate surface area is 135 Å². The van der Waals surface area contributed by atoms with E-state index in [1.54, 1.807) is 7.11 Å². The van der Waals surface area contributed by atoms with E-state index in [0.29, 0.717) is 23.9 Å². The van der Waals surface area contributed by atoms with Crippen LogP contribution in [0.2, 0.25) is 0 Å². The lowest BCUT2D eigenvalue weighted by Crippen LogP contribution is -2.14. The van der Waals surface area contributed by atoms with E-state index in [9.17, 15) is 0 Å². The van der Waals surface area contributed by atoms with Crippen LogP contribution in [0.5, 0.6) is 11.5 Å². The predicted octanol–water partition coefficient (Wildman–Crippen LogP) is 2.11. The van der Waals surface area contributed by atoms with Gasteiger partial charge >= 0.3 is 0 Å². The molecule has 0 unspecified atom stereocenters. The lowest BCUT2D eigenvalue weighted by Gasteiger charge is -2.13. The van der Waals surface area contributed by atoms with Gasteiger partial charge in [0.25, 0.3) is 0 Å². The number of H-pyrrole nitrogens is 1. The number of aromatic nitrogens is 3. The van der Waals surface area contributed by atoms with Crippen LogP contribution in [0, 0.1) is 0 Å². The predicted molar refractivity (Wildman–Crippen MR) is 84.5 cm³/mol. The van der Waals surface area contributed by atoms with E-state index in [1.165, 1.54) is 0 Å². The zero-order chi connectivity index (χ0) is 16.2. The normalized spacial score (nSPS) is 18.8. The van der Waals surface area contributed by atoms with Gasteiger partial charge in [0.1, 0.15) is 6.10 Å². The molecule has 1 aliphatic heterocycles. The van der Waals surface area contributed by atoms with E-state index in [1.807, 2.05) is 25.1 Å². The van der Waals surface area contributed by atoms with Gasteiger partial charge in [0.15, 0.2) is 23.1 Å². The highest BCUT2D eigenvalue weighted by Gasteiger charge is 2.23. The van der Waals surface area contributed by atoms with Crippen LogP contribution >= 0.6 is 0 Å². The number of ether oxygens (including phenoxy) is 3. The van der Waals surface area contributed by atoms with Crippen LogP contribution in [0.15, 0.2) is 18.2 Å². The Bertz CT molecular complexity index is 653. The number of benzene rings is 1. The Balaban J connectivity index is 1.80. The molecule has 7 heteroatoms. The van der Waals surface area contributed by atoms with Crippen molar-refractivity contribution in [1.82, 2.24) is 15.2 Å². The average molecular weight is 318 g/mol. The highest BCUT2D eigenvalue weighted by molar-refractivity contribution is 5.44. The van der Waals surface area contributed by atoms with Gasteiger partial charge < -0.3 is 19.9 Å². The highest BCUT2D eigenvalue weighted by Crippen LogP contribution is 2.31. The van der Waals surface area contributed by atoms with Crippen LogP contribution in [-0.4, -0.2) is 35.5 Å². The molecule has 0 radical (unpaired) electrons. The molecule has 2 atom stereocenters. The van der Waals surface area contributed by atoms with Crippen molar-refractivity contribution in [3.63, 3.8) is 0 Å². The molecule has 0 aliphatic carbocycles. The van der Waals surface area contributed by atoms with Crippen molar-refractivity contribution >= 4 is 0 Å². The fourth-order valence-electron chi connectivity index (χ4n) is 2.67. The van der Waals surface area contributed by atoms with E-state index >= 15 is 0 Å². The van der Waals surface area contributed by atoms with Gasteiger partial charge in [-0.2, -0.15) is 5.10 Å². The largest absolute Gasteiger partial charge is 0.493 e. The summed E-state index contributed by atoms with van der Waals surface area (Å²) in [5.41, 5.74) is 7.16. The van der Waals surface area contributed by atoms with E-state index in [0.717, 1.165) is 30.8 Å². The summed E-state index contributed by atoms with van der Waals surface area (Å²) in [5, 5.41) is 7.17. The van der Waals surface area contributed by atoms with Crippen molar-refractivity contribution in [2.24, 2.45) is 5.73 Å². The molecule has 0 bridgehead atoms. The van der Waals surface area contributed by atoms with Crippen LogP contribution in [0.25, 0.3) is 0 Å². The number of aromatic amines is 1. The summed E-state index contributed by atoms with van der Waals surface area (Å²) in [6, 6.07) is 5.18. The van der Waals surface area contributed by atoms with Crippen molar-refractivity contribution in [2.75, 3.05) is 20.3 Å². The minimum Gasteiger partial charge on any atom is -0.493 e. The van der Waals surface area contributed by atoms with Crippen LogP contribution in [0.4, 0.5) is 0 Å². The van der Waals surface area contributed by atoms with Crippen molar-refractivity contribution in [3.8, 4) is 11.5 Å². The Morgan fingerprint density at radius 1 is 1.43 bits per heavy atom. The zero-order valence-corrected chi connectivity index (χ0v) is 13.4. The first-order valence-electron chi connectivity index (χ1n) is 7.83. The summed E-state index contributed by atoms with van der Waals surface area (Å²) < 4.78 is 16.5. The maximum atomic E-state index is 6.29. The van der Waals surface area contributed by atoms with Crippen LogP contribution in [0.1, 0.15) is 49.1 Å². The molecule has 1 aromatic carbocycles. The summed E-state index contributed by atoms with van der Waals surface area (Å²) in [5.74, 6) is 2.63. The van der Waals surface area contributed by atoms with Gasteiger partial charge in [0.05, 0.1) is 19.8 Å². The SMILES string of the molecule is CCOc1ccc([C@H](N)c2n[nH]c([C@@H]3CCCO3)n2)cc1OC. The molecular weight excluding hydrogens is 296 g/mol. The molecule has 2 heterocycles. The minimum absolute atomic E-state index is 0.00156. The van der Waals surface area contributed by atoms with Gasteiger partial charge in [0.2, 0.25) is 0 Å². The van der Waals surface area contributed by atoms with Crippen molar-refractivity contribution in [2.45, 2.75) is 31.9 Å². The first-order chi connectivity index (χ1) is 11.2. The fourth-order valence-corrected chi connectivity index (χ4v) is 2.67. The maximum absolute atomic E-state index is 6.29. The Hall–Kier alpha value is -2.12. The third-order valence-corrected chi connectivity index (χ3v) is 3.88. The lowest BCUT2D eigenvalue weighted by atomic mass is 10.1. The molecule has 0 saturated carbocycles. The Morgan fingerprint density at radius 2 is 2.30 bits per heavy atom. The molecule has 124 valence electrons. The molecule has 23 heavy (non-hydrogen) atoms. The Kier molecular flexibility index (Phi) is 4.78. The number of hydrogen-bond donors (Lipinski definition) is 2. The highest BCUT2D eigenvalue weighted by atomic mass is 16.5. The van der Waals surface area contributed by atoms with Crippen LogP contribution < -0.4 is 15.2 Å². The van der Waals surface area contributed by atoms with Crippen molar-refractivity contribution < 1.29 is 14.2 Å². The van der Waals surface area contributed by atoms with Gasteiger partial charge in [-0.25, -0.2) is 4.98 Å². The number of nitrogens with zero attached hydrogens (tertiary/aromatic N) is 2. The third-order valence-electron chi connectivity index (χ3n) is 3.88. The minimum atomic E-state index is -0.439. The molecule has 7 nitrogen and oxygen atoms in total.